The van der Waals surface area contributed by atoms with Gasteiger partial charge < -0.3 is 5.32 Å². The van der Waals surface area contributed by atoms with Gasteiger partial charge in [-0.25, -0.2) is 4.98 Å². The Morgan fingerprint density at radius 3 is 3.15 bits per heavy atom. The predicted octanol–water partition coefficient (Wildman–Crippen LogP) is 0.0644. The van der Waals surface area contributed by atoms with Gasteiger partial charge in [-0.15, -0.1) is 0 Å². The van der Waals surface area contributed by atoms with E-state index in [4.69, 9.17) is 0 Å². The lowest BCUT2D eigenvalue weighted by Crippen LogP contribution is -2.43. The topological polar surface area (TPSA) is 69.3 Å². The first kappa shape index (κ1) is 13.3. The molecule has 6 nitrogen and oxygen atoms in total. The smallest absolute Gasteiger partial charge is 0.252 e. The zero-order chi connectivity index (χ0) is 13.9. The first-order valence-corrected chi connectivity index (χ1v) is 7.14. The standard InChI is InChI=1S/C14H21N5O/c1-10-12-7-15-6-11(12)8-19(10)9-14(20)18-17-13-4-2-3-5-16-13/h2-5,10-12,15H,6-9H2,1H3,(H,16,17)(H,18,20). The Balaban J connectivity index is 1.47. The molecule has 2 saturated heterocycles. The number of hydrogen-bond donors (Lipinski definition) is 3. The average Bonchev–Trinajstić information content (AvgIpc) is 3.02. The molecule has 3 N–H and O–H groups in total. The van der Waals surface area contributed by atoms with Crippen molar-refractivity contribution < 1.29 is 4.79 Å². The molecular weight excluding hydrogens is 254 g/mol. The number of carbonyl (C=O) groups excluding carboxylic acids is 1. The van der Waals surface area contributed by atoms with Crippen molar-refractivity contribution in [3.8, 4) is 0 Å². The van der Waals surface area contributed by atoms with Crippen molar-refractivity contribution in [1.82, 2.24) is 20.6 Å². The number of likely N-dealkylation sites (tertiary alicyclic amines) is 1. The Hall–Kier alpha value is -1.66. The summed E-state index contributed by atoms with van der Waals surface area (Å²) < 4.78 is 0. The van der Waals surface area contributed by atoms with Crippen LogP contribution in [0.2, 0.25) is 0 Å². The average molecular weight is 275 g/mol. The van der Waals surface area contributed by atoms with Crippen LogP contribution >= 0.6 is 0 Å². The van der Waals surface area contributed by atoms with Crippen molar-refractivity contribution in [1.29, 1.82) is 0 Å². The molecule has 3 heterocycles. The second-order valence-corrected chi connectivity index (χ2v) is 5.64. The molecule has 2 fully saturated rings. The highest BCUT2D eigenvalue weighted by Crippen LogP contribution is 2.31. The van der Waals surface area contributed by atoms with E-state index < -0.39 is 0 Å². The molecule has 1 aromatic rings. The zero-order valence-corrected chi connectivity index (χ0v) is 11.7. The summed E-state index contributed by atoms with van der Waals surface area (Å²) in [4.78, 5) is 18.3. The number of aromatic nitrogens is 1. The molecule has 1 aromatic heterocycles. The molecule has 2 aliphatic rings. The van der Waals surface area contributed by atoms with Gasteiger partial charge in [-0.05, 0) is 44.0 Å². The molecule has 6 heteroatoms. The van der Waals surface area contributed by atoms with Gasteiger partial charge in [-0.1, -0.05) is 6.07 Å². The SMILES string of the molecule is CC1C2CNCC2CN1CC(=O)NNc1ccccn1. The third-order valence-electron chi connectivity index (χ3n) is 4.40. The Morgan fingerprint density at radius 2 is 2.40 bits per heavy atom. The molecule has 1 amide bonds. The maximum absolute atomic E-state index is 12.0. The van der Waals surface area contributed by atoms with Crippen LogP contribution < -0.4 is 16.2 Å². The number of amides is 1. The summed E-state index contributed by atoms with van der Waals surface area (Å²) in [6.45, 7) is 5.83. The van der Waals surface area contributed by atoms with Gasteiger partial charge in [0.2, 0.25) is 0 Å². The molecule has 0 spiro atoms. The maximum Gasteiger partial charge on any atom is 0.252 e. The number of anilines is 1. The quantitative estimate of drug-likeness (QED) is 0.678. The molecule has 20 heavy (non-hydrogen) atoms. The maximum atomic E-state index is 12.0. The summed E-state index contributed by atoms with van der Waals surface area (Å²) in [6.07, 6.45) is 1.69. The molecule has 2 aliphatic heterocycles. The first-order chi connectivity index (χ1) is 9.74. The van der Waals surface area contributed by atoms with E-state index in [9.17, 15) is 4.79 Å². The zero-order valence-electron chi connectivity index (χ0n) is 11.7. The number of fused-ring (bicyclic) bond motifs is 1. The molecular formula is C14H21N5O. The van der Waals surface area contributed by atoms with Crippen molar-refractivity contribution in [3.63, 3.8) is 0 Å². The fourth-order valence-corrected chi connectivity index (χ4v) is 3.26. The minimum absolute atomic E-state index is 0.0181. The van der Waals surface area contributed by atoms with Crippen LogP contribution in [0.5, 0.6) is 0 Å². The molecule has 3 unspecified atom stereocenters. The van der Waals surface area contributed by atoms with Crippen molar-refractivity contribution in [3.05, 3.63) is 24.4 Å². The largest absolute Gasteiger partial charge is 0.316 e. The molecule has 0 radical (unpaired) electrons. The van der Waals surface area contributed by atoms with Crippen LogP contribution in [0.15, 0.2) is 24.4 Å². The lowest BCUT2D eigenvalue weighted by atomic mass is 9.95. The van der Waals surface area contributed by atoms with E-state index in [1.807, 2.05) is 18.2 Å². The van der Waals surface area contributed by atoms with Crippen LogP contribution in [0.1, 0.15) is 6.92 Å². The van der Waals surface area contributed by atoms with Gasteiger partial charge in [0.25, 0.3) is 5.91 Å². The third-order valence-corrected chi connectivity index (χ3v) is 4.40. The van der Waals surface area contributed by atoms with Gasteiger partial charge in [0.15, 0.2) is 0 Å². The van der Waals surface area contributed by atoms with Gasteiger partial charge in [-0.2, -0.15) is 0 Å². The number of pyridine rings is 1. The van der Waals surface area contributed by atoms with Gasteiger partial charge in [0, 0.05) is 18.8 Å². The van der Waals surface area contributed by atoms with E-state index in [0.717, 1.165) is 19.6 Å². The Labute approximate surface area is 118 Å². The third kappa shape index (κ3) is 2.76. The van der Waals surface area contributed by atoms with Crippen LogP contribution in [0.3, 0.4) is 0 Å². The van der Waals surface area contributed by atoms with Gasteiger partial charge >= 0.3 is 0 Å². The van der Waals surface area contributed by atoms with Gasteiger partial charge in [0.1, 0.15) is 5.82 Å². The molecule has 3 rings (SSSR count). The summed E-state index contributed by atoms with van der Waals surface area (Å²) in [5.41, 5.74) is 5.54. The second kappa shape index (κ2) is 5.76. The number of nitrogens with one attached hydrogen (secondary N) is 3. The van der Waals surface area contributed by atoms with Crippen molar-refractivity contribution in [2.75, 3.05) is 31.6 Å². The molecule has 0 aliphatic carbocycles. The Morgan fingerprint density at radius 1 is 1.50 bits per heavy atom. The van der Waals surface area contributed by atoms with Crippen molar-refractivity contribution in [2.45, 2.75) is 13.0 Å². The summed E-state index contributed by atoms with van der Waals surface area (Å²) in [5, 5.41) is 3.43. The minimum atomic E-state index is -0.0181. The number of rotatable bonds is 4. The lowest BCUT2D eigenvalue weighted by Gasteiger charge is -2.23. The van der Waals surface area contributed by atoms with Crippen LogP contribution in [0.25, 0.3) is 0 Å². The Kier molecular flexibility index (Phi) is 3.84. The van der Waals surface area contributed by atoms with E-state index in [1.165, 1.54) is 0 Å². The van der Waals surface area contributed by atoms with E-state index in [-0.39, 0.29) is 5.91 Å². The highest BCUT2D eigenvalue weighted by atomic mass is 16.2. The predicted molar refractivity (Wildman–Crippen MR) is 76.9 cm³/mol. The minimum Gasteiger partial charge on any atom is -0.316 e. The van der Waals surface area contributed by atoms with Crippen LogP contribution in [0, 0.1) is 11.8 Å². The van der Waals surface area contributed by atoms with Gasteiger partial charge in [0.05, 0.1) is 6.54 Å². The van der Waals surface area contributed by atoms with Gasteiger partial charge in [-0.3, -0.25) is 20.5 Å². The molecule has 0 saturated carbocycles. The summed E-state index contributed by atoms with van der Waals surface area (Å²) >= 11 is 0. The normalized spacial score (nSPS) is 29.1. The van der Waals surface area contributed by atoms with Crippen molar-refractivity contribution in [2.24, 2.45) is 11.8 Å². The fraction of sp³-hybridized carbons (Fsp3) is 0.571. The first-order valence-electron chi connectivity index (χ1n) is 7.14. The second-order valence-electron chi connectivity index (χ2n) is 5.64. The number of carbonyl (C=O) groups is 1. The van der Waals surface area contributed by atoms with E-state index in [2.05, 4.69) is 33.0 Å². The Bertz CT molecular complexity index is 466. The van der Waals surface area contributed by atoms with Crippen LogP contribution in [-0.4, -0.2) is 48.0 Å². The van der Waals surface area contributed by atoms with E-state index in [0.29, 0.717) is 30.2 Å². The molecule has 108 valence electrons. The molecule has 3 atom stereocenters. The number of nitrogens with zero attached hydrogens (tertiary/aromatic N) is 2. The lowest BCUT2D eigenvalue weighted by molar-refractivity contribution is -0.122. The van der Waals surface area contributed by atoms with Crippen molar-refractivity contribution >= 4 is 11.7 Å². The number of hydrazine groups is 1. The summed E-state index contributed by atoms with van der Waals surface area (Å²) in [7, 11) is 0. The summed E-state index contributed by atoms with van der Waals surface area (Å²) in [6, 6.07) is 5.99. The van der Waals surface area contributed by atoms with Crippen LogP contribution in [-0.2, 0) is 4.79 Å². The van der Waals surface area contributed by atoms with E-state index in [1.54, 1.807) is 6.20 Å². The monoisotopic (exact) mass is 275 g/mol. The summed E-state index contributed by atoms with van der Waals surface area (Å²) in [5.74, 6) is 2.01. The van der Waals surface area contributed by atoms with E-state index >= 15 is 0 Å². The highest BCUT2D eigenvalue weighted by Gasteiger charge is 2.42. The fourth-order valence-electron chi connectivity index (χ4n) is 3.26. The highest BCUT2D eigenvalue weighted by molar-refractivity contribution is 5.79. The molecule has 0 bridgehead atoms. The van der Waals surface area contributed by atoms with Crippen LogP contribution in [0.4, 0.5) is 5.82 Å². The molecule has 0 aromatic carbocycles. The number of hydrogen-bond acceptors (Lipinski definition) is 5.